The Morgan fingerprint density at radius 3 is 0.690 bits per heavy atom. The number of aromatic nitrogens is 4. The fraction of sp³-hybridized carbons (Fsp3) is 0.0370. The van der Waals surface area contributed by atoms with Crippen LogP contribution in [0.1, 0.15) is 0 Å². The highest BCUT2D eigenvalue weighted by Crippen LogP contribution is 2.43. The minimum absolute atomic E-state index is 1.17. The highest BCUT2D eigenvalue weighted by Gasteiger charge is 2.21. The van der Waals surface area contributed by atoms with Gasteiger partial charge in [0.25, 0.3) is 0 Å². The molecule has 116 heavy (non-hydrogen) atoms. The summed E-state index contributed by atoms with van der Waals surface area (Å²) in [5.74, 6) is 0. The maximum absolute atomic E-state index is 2.40. The zero-order chi connectivity index (χ0) is 78.0. The Balaban J connectivity index is 0.000000103. The zero-order valence-corrected chi connectivity index (χ0v) is 65.1. The van der Waals surface area contributed by atoms with Gasteiger partial charge < -0.3 is 37.9 Å². The maximum atomic E-state index is 2.40. The molecule has 0 saturated carbocycles. The van der Waals surface area contributed by atoms with Crippen LogP contribution in [0.5, 0.6) is 0 Å². The van der Waals surface area contributed by atoms with E-state index in [0.717, 1.165) is 0 Å². The molecule has 0 aliphatic rings. The fourth-order valence-electron chi connectivity index (χ4n) is 17.1. The van der Waals surface area contributed by atoms with Gasteiger partial charge >= 0.3 is 0 Å². The molecule has 8 nitrogen and oxygen atoms in total. The molecule has 0 spiro atoms. The molecule has 0 unspecified atom stereocenters. The van der Waals surface area contributed by atoms with E-state index in [1.165, 1.54) is 177 Å². The molecular formula is C108H84N8. The molecule has 4 heterocycles. The molecule has 0 atom stereocenters. The highest BCUT2D eigenvalue weighted by molar-refractivity contribution is 6.14. The summed E-state index contributed by atoms with van der Waals surface area (Å²) in [7, 11) is 8.50. The number of anilines is 8. The van der Waals surface area contributed by atoms with Crippen molar-refractivity contribution in [1.29, 1.82) is 0 Å². The Hall–Kier alpha value is -15.1. The summed E-state index contributed by atoms with van der Waals surface area (Å²) < 4.78 is 9.51. The molecule has 0 saturated heterocycles. The van der Waals surface area contributed by atoms with E-state index in [2.05, 4.69) is 491 Å². The second-order valence-corrected chi connectivity index (χ2v) is 29.4. The van der Waals surface area contributed by atoms with Crippen molar-refractivity contribution in [2.75, 3.05) is 47.8 Å². The molecule has 22 rings (SSSR count). The van der Waals surface area contributed by atoms with Crippen LogP contribution in [-0.2, 0) is 0 Å². The summed E-state index contributed by atoms with van der Waals surface area (Å²) in [6, 6.07) is 155. The molecule has 556 valence electrons. The van der Waals surface area contributed by atoms with E-state index < -0.39 is 0 Å². The minimum atomic E-state index is 1.17. The highest BCUT2D eigenvalue weighted by atomic mass is 15.1. The first kappa shape index (κ1) is 71.2. The van der Waals surface area contributed by atoms with Crippen LogP contribution in [0.3, 0.4) is 0 Å². The van der Waals surface area contributed by atoms with Gasteiger partial charge in [0.1, 0.15) is 0 Å². The minimum Gasteiger partial charge on any atom is -0.345 e. The van der Waals surface area contributed by atoms with Gasteiger partial charge in [-0.3, -0.25) is 0 Å². The molecule has 0 bridgehead atoms. The Bertz CT molecular complexity index is 6700. The van der Waals surface area contributed by atoms with Gasteiger partial charge in [-0.15, -0.1) is 0 Å². The van der Waals surface area contributed by atoms with Gasteiger partial charge in [0.15, 0.2) is 0 Å². The molecule has 22 aromatic rings. The van der Waals surface area contributed by atoms with E-state index in [1.54, 1.807) is 0 Å². The fourth-order valence-corrected chi connectivity index (χ4v) is 17.1. The number of hydrogen-bond donors (Lipinski definition) is 0. The van der Waals surface area contributed by atoms with Gasteiger partial charge in [-0.1, -0.05) is 279 Å². The van der Waals surface area contributed by atoms with E-state index in [9.17, 15) is 0 Å². The van der Waals surface area contributed by atoms with E-state index in [1.807, 2.05) is 12.1 Å². The second-order valence-electron chi connectivity index (χ2n) is 29.4. The molecule has 8 heteroatoms. The number of rotatable bonds is 12. The second kappa shape index (κ2) is 31.2. The molecule has 0 N–H and O–H groups in total. The molecule has 0 amide bonds. The van der Waals surface area contributed by atoms with Gasteiger partial charge in [-0.05, 0) is 158 Å². The van der Waals surface area contributed by atoms with Crippen LogP contribution in [0.15, 0.2) is 437 Å². The standard InChI is InChI=1S/2C29H22N2.2C25H20N2/c1-30(21-11-3-2-4-12-21)26-19-9-16-25-22(26)15-10-20-29(25)31-27-17-7-5-13-23(27)24-14-6-8-18-28(24)31;1-30(21-11-3-2-4-12-21)26-19-20-29(23-14-6-5-13-22(23)26)31-27-17-9-7-15-24(27)25-16-8-10-18-28(25)31;2*1-26(19-10-3-2-4-11-19)20-12-9-13-21(18-20)27-24-16-7-5-14-22(24)23-15-6-8-17-25(23)27/h2*2-20H,1H3;2*2-18H,1H3. The molecule has 0 radical (unpaired) electrons. The van der Waals surface area contributed by atoms with Crippen molar-refractivity contribution in [3.05, 3.63) is 437 Å². The summed E-state index contributed by atoms with van der Waals surface area (Å²) in [6.45, 7) is 0. The predicted molar refractivity (Wildman–Crippen MR) is 496 cm³/mol. The summed E-state index contributed by atoms with van der Waals surface area (Å²) in [5, 5.41) is 15.3. The van der Waals surface area contributed by atoms with Crippen LogP contribution in [0.25, 0.3) is 132 Å². The third kappa shape index (κ3) is 13.1. The van der Waals surface area contributed by atoms with Crippen molar-refractivity contribution in [3.8, 4) is 22.7 Å². The first-order chi connectivity index (χ1) is 57.3. The number of nitrogens with zero attached hydrogens (tertiary/aromatic N) is 8. The summed E-state index contributed by atoms with van der Waals surface area (Å²) in [6.07, 6.45) is 0. The zero-order valence-electron chi connectivity index (χ0n) is 65.1. The van der Waals surface area contributed by atoms with E-state index in [-0.39, 0.29) is 0 Å². The van der Waals surface area contributed by atoms with Crippen LogP contribution in [0.4, 0.5) is 45.5 Å². The van der Waals surface area contributed by atoms with Crippen molar-refractivity contribution in [3.63, 3.8) is 0 Å². The SMILES string of the molecule is CN(c1ccccc1)c1ccc(-n2c3ccccc3c3ccccc32)c2ccccc12.CN(c1ccccc1)c1cccc(-n2c3ccccc3c3ccccc32)c1.CN(c1ccccc1)c1cccc(-n2c3ccccc3c3ccccc32)c1.CN(c1ccccc1)c1cccc2c(-n3c4ccccc4c4ccccc43)cccc12. The van der Waals surface area contributed by atoms with Crippen molar-refractivity contribution < 1.29 is 0 Å². The van der Waals surface area contributed by atoms with Crippen molar-refractivity contribution >= 4 is 154 Å². The predicted octanol–water partition coefficient (Wildman–Crippen LogP) is 28.5. The van der Waals surface area contributed by atoms with E-state index >= 15 is 0 Å². The van der Waals surface area contributed by atoms with E-state index in [0.29, 0.717) is 0 Å². The third-order valence-corrected chi connectivity index (χ3v) is 22.8. The molecule has 0 fully saturated rings. The van der Waals surface area contributed by atoms with Crippen LogP contribution in [0, 0.1) is 0 Å². The van der Waals surface area contributed by atoms with Crippen LogP contribution < -0.4 is 19.6 Å². The number of para-hydroxylation sites is 12. The van der Waals surface area contributed by atoms with Gasteiger partial charge in [-0.2, -0.15) is 0 Å². The lowest BCUT2D eigenvalue weighted by Crippen LogP contribution is -2.10. The first-order valence-electron chi connectivity index (χ1n) is 39.6. The summed E-state index contributed by atoms with van der Waals surface area (Å²) >= 11 is 0. The van der Waals surface area contributed by atoms with Crippen LogP contribution in [0.2, 0.25) is 0 Å². The van der Waals surface area contributed by atoms with Crippen LogP contribution in [-0.4, -0.2) is 46.5 Å². The topological polar surface area (TPSA) is 32.7 Å². The molecule has 18 aromatic carbocycles. The quantitative estimate of drug-likeness (QED) is 0.122. The van der Waals surface area contributed by atoms with Crippen molar-refractivity contribution in [2.45, 2.75) is 0 Å². The van der Waals surface area contributed by atoms with E-state index in [4.69, 9.17) is 0 Å². The summed E-state index contributed by atoms with van der Waals surface area (Å²) in [4.78, 5) is 8.96. The summed E-state index contributed by atoms with van der Waals surface area (Å²) in [5.41, 5.74) is 24.1. The average molecular weight is 1490 g/mol. The Kier molecular flexibility index (Phi) is 19.2. The lowest BCUT2D eigenvalue weighted by Gasteiger charge is -2.23. The third-order valence-electron chi connectivity index (χ3n) is 22.8. The lowest BCUT2D eigenvalue weighted by atomic mass is 10.0. The first-order valence-corrected chi connectivity index (χ1v) is 39.6. The normalized spacial score (nSPS) is 11.3. The Morgan fingerprint density at radius 2 is 0.362 bits per heavy atom. The smallest absolute Gasteiger partial charge is 0.0542 e. The van der Waals surface area contributed by atoms with Crippen LogP contribution >= 0.6 is 0 Å². The molecule has 4 aromatic heterocycles. The van der Waals surface area contributed by atoms with Gasteiger partial charge in [0.2, 0.25) is 0 Å². The number of hydrogen-bond acceptors (Lipinski definition) is 4. The number of fused-ring (bicyclic) bond motifs is 14. The van der Waals surface area contributed by atoms with Crippen molar-refractivity contribution in [1.82, 2.24) is 18.3 Å². The molecular weight excluding hydrogens is 1410 g/mol. The van der Waals surface area contributed by atoms with Crippen molar-refractivity contribution in [2.24, 2.45) is 0 Å². The monoisotopic (exact) mass is 1490 g/mol. The average Bonchev–Trinajstić information content (AvgIpc) is 1.48. The largest absolute Gasteiger partial charge is 0.345 e. The molecule has 0 aliphatic heterocycles. The molecule has 0 aliphatic carbocycles. The Labute approximate surface area is 675 Å². The van der Waals surface area contributed by atoms with Gasteiger partial charge in [0.05, 0.1) is 55.5 Å². The Morgan fingerprint density at radius 1 is 0.147 bits per heavy atom. The van der Waals surface area contributed by atoms with Gasteiger partial charge in [-0.25, -0.2) is 0 Å². The maximum Gasteiger partial charge on any atom is 0.0542 e. The number of benzene rings is 18. The van der Waals surface area contributed by atoms with Gasteiger partial charge in [0, 0.05) is 150 Å². The lowest BCUT2D eigenvalue weighted by molar-refractivity contribution is 1.15.